The van der Waals surface area contributed by atoms with Gasteiger partial charge in [-0.3, -0.25) is 10.0 Å². The van der Waals surface area contributed by atoms with E-state index in [2.05, 4.69) is 53.4 Å². The van der Waals surface area contributed by atoms with Crippen LogP contribution in [0.5, 0.6) is 0 Å². The van der Waals surface area contributed by atoms with Crippen molar-refractivity contribution in [1.29, 1.82) is 0 Å². The molecule has 1 unspecified atom stereocenters. The molecule has 0 aliphatic carbocycles. The Bertz CT molecular complexity index is 903. The molecule has 0 aliphatic rings. The smallest absolute Gasteiger partial charge is 0.122 e. The van der Waals surface area contributed by atoms with Crippen LogP contribution in [0.25, 0.3) is 0 Å². The number of hydrogen-bond acceptors (Lipinski definition) is 5. The monoisotopic (exact) mass is 443 g/mol. The zero-order chi connectivity index (χ0) is 20.5. The summed E-state index contributed by atoms with van der Waals surface area (Å²) >= 11 is 3.13. The number of thioether (sulfide) groups is 1. The maximum absolute atomic E-state index is 11.4. The third-order valence-corrected chi connectivity index (χ3v) is 6.72. The molecule has 3 rings (SSSR count). The lowest BCUT2D eigenvalue weighted by Crippen LogP contribution is -2.25. The standard InChI is InChI=1S/C22H25N3OS3/c23-28-21-10-6-18(7-11-21)16-25(14-15-27-20-4-2-1-3-5-20)17-19-8-12-22(13-9-19)29(24)26/h1-13H,14-17,23-24H2. The Morgan fingerprint density at radius 1 is 0.793 bits per heavy atom. The molecule has 152 valence electrons. The largest absolute Gasteiger partial charge is 0.294 e. The average Bonchev–Trinajstić information content (AvgIpc) is 2.75. The molecule has 0 saturated carbocycles. The third-order valence-electron chi connectivity index (χ3n) is 4.45. The summed E-state index contributed by atoms with van der Waals surface area (Å²) in [6, 6.07) is 26.5. The lowest BCUT2D eigenvalue weighted by Gasteiger charge is -2.23. The van der Waals surface area contributed by atoms with E-state index in [1.165, 1.54) is 28.0 Å². The van der Waals surface area contributed by atoms with E-state index < -0.39 is 11.0 Å². The van der Waals surface area contributed by atoms with Crippen LogP contribution in [-0.2, 0) is 24.1 Å². The van der Waals surface area contributed by atoms with E-state index in [1.54, 1.807) is 0 Å². The Morgan fingerprint density at radius 3 is 1.93 bits per heavy atom. The molecule has 29 heavy (non-hydrogen) atoms. The maximum atomic E-state index is 11.4. The Kier molecular flexibility index (Phi) is 8.79. The molecule has 0 radical (unpaired) electrons. The van der Waals surface area contributed by atoms with Gasteiger partial charge in [0.1, 0.15) is 11.0 Å². The predicted octanol–water partition coefficient (Wildman–Crippen LogP) is 4.43. The van der Waals surface area contributed by atoms with Gasteiger partial charge in [0.15, 0.2) is 0 Å². The van der Waals surface area contributed by atoms with Gasteiger partial charge in [-0.15, -0.1) is 11.8 Å². The van der Waals surface area contributed by atoms with Crippen LogP contribution in [0.1, 0.15) is 11.1 Å². The van der Waals surface area contributed by atoms with Gasteiger partial charge < -0.3 is 0 Å². The van der Waals surface area contributed by atoms with Crippen molar-refractivity contribution >= 4 is 34.7 Å². The molecule has 0 aliphatic heterocycles. The second-order valence-corrected chi connectivity index (χ2v) is 9.52. The summed E-state index contributed by atoms with van der Waals surface area (Å²) in [6.07, 6.45) is 0. The van der Waals surface area contributed by atoms with Crippen LogP contribution in [0, 0.1) is 0 Å². The van der Waals surface area contributed by atoms with Crippen molar-refractivity contribution in [3.8, 4) is 0 Å². The van der Waals surface area contributed by atoms with Crippen molar-refractivity contribution in [2.24, 2.45) is 10.3 Å². The Morgan fingerprint density at radius 2 is 1.38 bits per heavy atom. The van der Waals surface area contributed by atoms with Gasteiger partial charge in [0.25, 0.3) is 0 Å². The predicted molar refractivity (Wildman–Crippen MR) is 125 cm³/mol. The van der Waals surface area contributed by atoms with E-state index >= 15 is 0 Å². The fraction of sp³-hybridized carbons (Fsp3) is 0.182. The summed E-state index contributed by atoms with van der Waals surface area (Å²) < 4.78 is 11.4. The van der Waals surface area contributed by atoms with Crippen LogP contribution in [0.15, 0.2) is 93.5 Å². The number of rotatable bonds is 10. The average molecular weight is 444 g/mol. The molecule has 0 fully saturated rings. The van der Waals surface area contributed by atoms with Gasteiger partial charge in [-0.05, 0) is 59.5 Å². The van der Waals surface area contributed by atoms with Gasteiger partial charge in [0, 0.05) is 35.2 Å². The van der Waals surface area contributed by atoms with E-state index in [0.29, 0.717) is 4.90 Å². The first-order valence-electron chi connectivity index (χ1n) is 9.25. The van der Waals surface area contributed by atoms with Gasteiger partial charge in [0.05, 0.1) is 4.90 Å². The molecule has 0 spiro atoms. The minimum absolute atomic E-state index is 0.648. The van der Waals surface area contributed by atoms with Gasteiger partial charge in [-0.1, -0.05) is 42.5 Å². The highest BCUT2D eigenvalue weighted by Crippen LogP contribution is 2.19. The zero-order valence-electron chi connectivity index (χ0n) is 16.1. The molecule has 4 N–H and O–H groups in total. The quantitative estimate of drug-likeness (QED) is 0.358. The summed E-state index contributed by atoms with van der Waals surface area (Å²) in [5, 5.41) is 11.1. The van der Waals surface area contributed by atoms with Gasteiger partial charge in [0.2, 0.25) is 0 Å². The van der Waals surface area contributed by atoms with Crippen LogP contribution >= 0.6 is 23.7 Å². The van der Waals surface area contributed by atoms with Crippen molar-refractivity contribution in [1.82, 2.24) is 4.90 Å². The molecule has 3 aromatic rings. The summed E-state index contributed by atoms with van der Waals surface area (Å²) in [6.45, 7) is 2.63. The molecular weight excluding hydrogens is 418 g/mol. The van der Waals surface area contributed by atoms with E-state index in [0.717, 1.165) is 30.3 Å². The summed E-state index contributed by atoms with van der Waals surface area (Å²) in [7, 11) is -1.44. The first-order valence-corrected chi connectivity index (χ1v) is 12.3. The topological polar surface area (TPSA) is 72.3 Å². The molecule has 0 aromatic heterocycles. The lowest BCUT2D eigenvalue weighted by molar-refractivity contribution is 0.274. The van der Waals surface area contributed by atoms with Crippen molar-refractivity contribution in [2.45, 2.75) is 27.8 Å². The van der Waals surface area contributed by atoms with E-state index in [4.69, 9.17) is 10.3 Å². The van der Waals surface area contributed by atoms with Crippen molar-refractivity contribution in [3.63, 3.8) is 0 Å². The molecule has 1 atom stereocenters. The minimum atomic E-state index is -1.44. The third kappa shape index (κ3) is 7.29. The van der Waals surface area contributed by atoms with Crippen LogP contribution in [0.3, 0.4) is 0 Å². The molecule has 7 heteroatoms. The van der Waals surface area contributed by atoms with Gasteiger partial charge in [-0.25, -0.2) is 9.35 Å². The molecule has 0 saturated heterocycles. The number of nitrogens with two attached hydrogens (primary N) is 2. The fourth-order valence-electron chi connectivity index (χ4n) is 2.94. The first kappa shape index (κ1) is 22.1. The normalized spacial score (nSPS) is 12.2. The van der Waals surface area contributed by atoms with Crippen LogP contribution in [0.2, 0.25) is 0 Å². The summed E-state index contributed by atoms with van der Waals surface area (Å²) in [4.78, 5) is 5.42. The van der Waals surface area contributed by atoms with Crippen molar-refractivity contribution < 1.29 is 4.21 Å². The second-order valence-electron chi connectivity index (χ2n) is 6.58. The van der Waals surface area contributed by atoms with Crippen LogP contribution in [-0.4, -0.2) is 21.4 Å². The van der Waals surface area contributed by atoms with E-state index in [9.17, 15) is 4.21 Å². The van der Waals surface area contributed by atoms with Crippen molar-refractivity contribution in [3.05, 3.63) is 90.0 Å². The van der Waals surface area contributed by atoms with Crippen molar-refractivity contribution in [2.75, 3.05) is 12.3 Å². The summed E-state index contributed by atoms with van der Waals surface area (Å²) in [5.41, 5.74) is 2.44. The first-order chi connectivity index (χ1) is 14.1. The highest BCUT2D eigenvalue weighted by molar-refractivity contribution is 7.99. The number of benzene rings is 3. The van der Waals surface area contributed by atoms with Crippen LogP contribution in [0.4, 0.5) is 0 Å². The SMILES string of the molecule is NSc1ccc(CN(CCSc2ccccc2)Cc2ccc(S(N)=O)cc2)cc1. The Hall–Kier alpha value is -1.61. The molecule has 3 aromatic carbocycles. The highest BCUT2D eigenvalue weighted by atomic mass is 32.2. The molecule has 0 bridgehead atoms. The Balaban J connectivity index is 1.66. The zero-order valence-corrected chi connectivity index (χ0v) is 18.5. The molecule has 0 amide bonds. The minimum Gasteiger partial charge on any atom is -0.294 e. The van der Waals surface area contributed by atoms with Gasteiger partial charge in [-0.2, -0.15) is 0 Å². The van der Waals surface area contributed by atoms with Crippen LogP contribution < -0.4 is 10.3 Å². The Labute approximate surface area is 183 Å². The van der Waals surface area contributed by atoms with Gasteiger partial charge >= 0.3 is 0 Å². The lowest BCUT2D eigenvalue weighted by atomic mass is 10.1. The maximum Gasteiger partial charge on any atom is 0.122 e. The summed E-state index contributed by atoms with van der Waals surface area (Å²) in [5.74, 6) is 1.01. The van der Waals surface area contributed by atoms with E-state index in [-0.39, 0.29) is 0 Å². The highest BCUT2D eigenvalue weighted by Gasteiger charge is 2.09. The molecular formula is C22H25N3OS3. The van der Waals surface area contributed by atoms with E-state index in [1.807, 2.05) is 42.1 Å². The fourth-order valence-corrected chi connectivity index (χ4v) is 4.57. The molecule has 4 nitrogen and oxygen atoms in total. The number of nitrogens with zero attached hydrogens (tertiary/aromatic N) is 1. The second kappa shape index (κ2) is 11.5. The number of hydrogen-bond donors (Lipinski definition) is 2. The molecule has 0 heterocycles.